The van der Waals surface area contributed by atoms with Crippen molar-refractivity contribution < 1.29 is 14.4 Å². The largest absolute Gasteiger partial charge is 0.285 e. The van der Waals surface area contributed by atoms with Gasteiger partial charge in [-0.1, -0.05) is 18.2 Å². The average molecular weight is 268 g/mol. The maximum Gasteiger partial charge on any atom is 0.285 e. The van der Waals surface area contributed by atoms with Gasteiger partial charge in [-0.2, -0.15) is 0 Å². The second kappa shape index (κ2) is 4.86. The monoisotopic (exact) mass is 268 g/mol. The number of carbonyl (C=O) groups excluding carboxylic acids is 2. The summed E-state index contributed by atoms with van der Waals surface area (Å²) in [4.78, 5) is 33.9. The van der Waals surface area contributed by atoms with Crippen molar-refractivity contribution in [3.63, 3.8) is 0 Å². The molecule has 0 aliphatic carbocycles. The van der Waals surface area contributed by atoms with Crippen LogP contribution in [0.1, 0.15) is 39.4 Å². The second-order valence-electron chi connectivity index (χ2n) is 4.45. The quantitative estimate of drug-likeness (QED) is 0.802. The topological polar surface area (TPSA) is 59.5 Å². The number of imide groups is 1. The van der Waals surface area contributed by atoms with Crippen molar-refractivity contribution in [2.24, 2.45) is 0 Å². The molecule has 5 heteroatoms. The smallest absolute Gasteiger partial charge is 0.266 e. The molecule has 2 aromatic rings. The maximum absolute atomic E-state index is 12.1. The molecule has 0 fully saturated rings. The first-order valence-corrected chi connectivity index (χ1v) is 6.24. The number of aromatic nitrogens is 1. The van der Waals surface area contributed by atoms with Crippen LogP contribution in [0.3, 0.4) is 0 Å². The van der Waals surface area contributed by atoms with E-state index in [2.05, 4.69) is 4.98 Å². The Labute approximate surface area is 115 Å². The zero-order valence-electron chi connectivity index (χ0n) is 10.8. The minimum atomic E-state index is -0.488. The first-order valence-electron chi connectivity index (χ1n) is 6.24. The molecular weight excluding hydrogens is 256 g/mol. The molecule has 3 rings (SSSR count). The van der Waals surface area contributed by atoms with Crippen molar-refractivity contribution in [1.82, 2.24) is 10.0 Å². The van der Waals surface area contributed by atoms with E-state index in [-0.39, 0.29) is 0 Å². The first-order chi connectivity index (χ1) is 9.68. The van der Waals surface area contributed by atoms with E-state index in [0.29, 0.717) is 16.8 Å². The minimum Gasteiger partial charge on any atom is -0.266 e. The Morgan fingerprint density at radius 3 is 2.15 bits per heavy atom. The van der Waals surface area contributed by atoms with E-state index in [9.17, 15) is 9.59 Å². The molecule has 0 saturated carbocycles. The van der Waals surface area contributed by atoms with Gasteiger partial charge in [0.1, 0.15) is 6.10 Å². The van der Waals surface area contributed by atoms with E-state index in [1.54, 1.807) is 49.5 Å². The Morgan fingerprint density at radius 2 is 1.60 bits per heavy atom. The molecule has 2 heterocycles. The molecule has 0 N–H and O–H groups in total. The van der Waals surface area contributed by atoms with Gasteiger partial charge in [0, 0.05) is 6.20 Å². The molecule has 2 amide bonds. The van der Waals surface area contributed by atoms with Gasteiger partial charge in [0.2, 0.25) is 0 Å². The lowest BCUT2D eigenvalue weighted by molar-refractivity contribution is -0.129. The number of nitrogens with zero attached hydrogens (tertiary/aromatic N) is 2. The summed E-state index contributed by atoms with van der Waals surface area (Å²) in [6, 6.07) is 12.1. The van der Waals surface area contributed by atoms with Crippen LogP contribution in [0.15, 0.2) is 48.7 Å². The van der Waals surface area contributed by atoms with E-state index in [4.69, 9.17) is 4.84 Å². The molecule has 0 saturated heterocycles. The van der Waals surface area contributed by atoms with Crippen molar-refractivity contribution in [2.45, 2.75) is 13.0 Å². The Balaban J connectivity index is 1.84. The Hall–Kier alpha value is -2.53. The van der Waals surface area contributed by atoms with Gasteiger partial charge in [-0.25, -0.2) is 0 Å². The molecule has 1 aromatic carbocycles. The van der Waals surface area contributed by atoms with Gasteiger partial charge in [-0.15, -0.1) is 5.06 Å². The number of rotatable bonds is 3. The number of hydroxylamine groups is 2. The highest BCUT2D eigenvalue weighted by Gasteiger charge is 2.37. The maximum atomic E-state index is 12.1. The van der Waals surface area contributed by atoms with Crippen LogP contribution in [0, 0.1) is 0 Å². The van der Waals surface area contributed by atoms with E-state index >= 15 is 0 Å². The van der Waals surface area contributed by atoms with Crippen LogP contribution in [0.25, 0.3) is 0 Å². The Bertz CT molecular complexity index is 635. The zero-order chi connectivity index (χ0) is 14.1. The Kier molecular flexibility index (Phi) is 3.04. The number of hydrogen-bond donors (Lipinski definition) is 0. The number of carbonyl (C=O) groups is 2. The van der Waals surface area contributed by atoms with Crippen molar-refractivity contribution in [2.75, 3.05) is 0 Å². The SMILES string of the molecule is CC(ON1C(=O)c2ccccc2C1=O)c1ccccn1. The van der Waals surface area contributed by atoms with Gasteiger partial charge in [-0.05, 0) is 31.2 Å². The van der Waals surface area contributed by atoms with Gasteiger partial charge in [0.25, 0.3) is 11.8 Å². The third kappa shape index (κ3) is 1.98. The van der Waals surface area contributed by atoms with Crippen LogP contribution in [0.4, 0.5) is 0 Å². The molecule has 1 atom stereocenters. The lowest BCUT2D eigenvalue weighted by Crippen LogP contribution is -2.31. The molecule has 100 valence electrons. The molecule has 0 radical (unpaired) electrons. The number of pyridine rings is 1. The summed E-state index contributed by atoms with van der Waals surface area (Å²) in [5, 5.41) is 0.810. The third-order valence-corrected chi connectivity index (χ3v) is 3.12. The molecule has 1 unspecified atom stereocenters. The summed E-state index contributed by atoms with van der Waals surface area (Å²) in [6.45, 7) is 1.74. The third-order valence-electron chi connectivity index (χ3n) is 3.12. The van der Waals surface area contributed by atoms with Gasteiger partial charge in [0.05, 0.1) is 16.8 Å². The fourth-order valence-corrected chi connectivity index (χ4v) is 2.09. The molecule has 1 aliphatic heterocycles. The molecule has 0 bridgehead atoms. The van der Waals surface area contributed by atoms with Crippen LogP contribution >= 0.6 is 0 Å². The molecule has 0 spiro atoms. The lowest BCUT2D eigenvalue weighted by atomic mass is 10.1. The molecular formula is C15H12N2O3. The number of hydrogen-bond acceptors (Lipinski definition) is 4. The van der Waals surface area contributed by atoms with Crippen LogP contribution in [-0.4, -0.2) is 21.9 Å². The van der Waals surface area contributed by atoms with Crippen LogP contribution in [0.2, 0.25) is 0 Å². The van der Waals surface area contributed by atoms with E-state index in [1.165, 1.54) is 0 Å². The summed E-state index contributed by atoms with van der Waals surface area (Å²) in [6.07, 6.45) is 1.15. The highest BCUT2D eigenvalue weighted by molar-refractivity contribution is 6.20. The van der Waals surface area contributed by atoms with Gasteiger partial charge in [-0.3, -0.25) is 19.4 Å². The fraction of sp³-hybridized carbons (Fsp3) is 0.133. The second-order valence-corrected chi connectivity index (χ2v) is 4.45. The van der Waals surface area contributed by atoms with Crippen LogP contribution in [-0.2, 0) is 4.84 Å². The number of fused-ring (bicyclic) bond motifs is 1. The predicted octanol–water partition coefficient (Wildman–Crippen LogP) is 2.37. The standard InChI is InChI=1S/C15H12N2O3/c1-10(13-8-4-5-9-16-13)20-17-14(18)11-6-2-3-7-12(11)15(17)19/h2-10H,1H3. The molecule has 20 heavy (non-hydrogen) atoms. The first kappa shape index (κ1) is 12.5. The van der Waals surface area contributed by atoms with E-state index in [1.807, 2.05) is 6.07 Å². The van der Waals surface area contributed by atoms with Gasteiger partial charge < -0.3 is 0 Å². The normalized spacial score (nSPS) is 15.3. The Morgan fingerprint density at radius 1 is 1.00 bits per heavy atom. The van der Waals surface area contributed by atoms with Crippen molar-refractivity contribution in [3.05, 3.63) is 65.5 Å². The molecule has 1 aromatic heterocycles. The highest BCUT2D eigenvalue weighted by atomic mass is 16.7. The van der Waals surface area contributed by atoms with Crippen molar-refractivity contribution >= 4 is 11.8 Å². The van der Waals surface area contributed by atoms with Crippen molar-refractivity contribution in [1.29, 1.82) is 0 Å². The predicted molar refractivity (Wildman–Crippen MR) is 70.7 cm³/mol. The molecule has 1 aliphatic rings. The van der Waals surface area contributed by atoms with Crippen LogP contribution in [0.5, 0.6) is 0 Å². The fourth-order valence-electron chi connectivity index (χ4n) is 2.09. The zero-order valence-corrected chi connectivity index (χ0v) is 10.8. The van der Waals surface area contributed by atoms with Crippen LogP contribution < -0.4 is 0 Å². The lowest BCUT2D eigenvalue weighted by Gasteiger charge is -2.18. The number of benzene rings is 1. The van der Waals surface area contributed by atoms with Gasteiger partial charge in [0.15, 0.2) is 0 Å². The summed E-state index contributed by atoms with van der Waals surface area (Å²) in [7, 11) is 0. The van der Waals surface area contributed by atoms with Gasteiger partial charge >= 0.3 is 0 Å². The summed E-state index contributed by atoms with van der Waals surface area (Å²) >= 11 is 0. The molecule has 5 nitrogen and oxygen atoms in total. The summed E-state index contributed by atoms with van der Waals surface area (Å²) in [5.74, 6) is -0.873. The summed E-state index contributed by atoms with van der Waals surface area (Å²) in [5.41, 5.74) is 1.39. The average Bonchev–Trinajstić information content (AvgIpc) is 2.74. The van der Waals surface area contributed by atoms with Crippen molar-refractivity contribution in [3.8, 4) is 0 Å². The highest BCUT2D eigenvalue weighted by Crippen LogP contribution is 2.26. The number of amides is 2. The summed E-state index contributed by atoms with van der Waals surface area (Å²) < 4.78 is 0. The van der Waals surface area contributed by atoms with E-state index in [0.717, 1.165) is 5.06 Å². The minimum absolute atomic E-state index is 0.366. The van der Waals surface area contributed by atoms with E-state index < -0.39 is 17.9 Å².